The Balaban J connectivity index is 2.08. The predicted octanol–water partition coefficient (Wildman–Crippen LogP) is 3.46. The molecule has 1 aliphatic rings. The number of hydrogen-bond acceptors (Lipinski definition) is 4. The quantitative estimate of drug-likeness (QED) is 0.926. The Bertz CT molecular complexity index is 637. The number of benzene rings is 1. The van der Waals surface area contributed by atoms with E-state index in [0.717, 1.165) is 25.7 Å². The third-order valence-electron chi connectivity index (χ3n) is 3.70. The first-order chi connectivity index (χ1) is 9.70. The van der Waals surface area contributed by atoms with Gasteiger partial charge in [0.1, 0.15) is 11.8 Å². The second-order valence-corrected chi connectivity index (χ2v) is 4.95. The van der Waals surface area contributed by atoms with Crippen LogP contribution in [0.15, 0.2) is 22.8 Å². The highest BCUT2D eigenvalue weighted by Crippen LogP contribution is 2.40. The molecule has 0 atom stereocenters. The van der Waals surface area contributed by atoms with Crippen LogP contribution >= 0.6 is 0 Å². The molecule has 1 aromatic carbocycles. The molecule has 0 saturated heterocycles. The van der Waals surface area contributed by atoms with Crippen molar-refractivity contribution in [3.8, 4) is 11.5 Å². The van der Waals surface area contributed by atoms with Crippen molar-refractivity contribution in [1.82, 2.24) is 0 Å². The van der Waals surface area contributed by atoms with E-state index >= 15 is 0 Å². The van der Waals surface area contributed by atoms with E-state index in [-0.39, 0.29) is 11.7 Å². The van der Waals surface area contributed by atoms with Crippen molar-refractivity contribution >= 4 is 16.9 Å². The van der Waals surface area contributed by atoms with Gasteiger partial charge in [-0.05, 0) is 37.8 Å². The van der Waals surface area contributed by atoms with Gasteiger partial charge >= 0.3 is 5.97 Å². The van der Waals surface area contributed by atoms with Crippen molar-refractivity contribution in [2.24, 2.45) is 0 Å². The molecule has 106 valence electrons. The van der Waals surface area contributed by atoms with Gasteiger partial charge in [-0.25, -0.2) is 4.79 Å². The lowest BCUT2D eigenvalue weighted by atomic mass is 10.1. The zero-order valence-electron chi connectivity index (χ0n) is 11.2. The number of hydrogen-bond donors (Lipinski definition) is 1. The van der Waals surface area contributed by atoms with E-state index in [1.807, 2.05) is 0 Å². The highest BCUT2D eigenvalue weighted by Gasteiger charge is 2.23. The number of carboxylic acid groups (broad SMARTS) is 1. The van der Waals surface area contributed by atoms with Crippen LogP contribution in [0.2, 0.25) is 0 Å². The minimum Gasteiger partial charge on any atom is -0.493 e. The lowest BCUT2D eigenvalue weighted by Crippen LogP contribution is -2.11. The van der Waals surface area contributed by atoms with Crippen LogP contribution < -0.4 is 9.47 Å². The molecule has 2 aromatic rings. The largest absolute Gasteiger partial charge is 0.493 e. The van der Waals surface area contributed by atoms with Gasteiger partial charge in [-0.3, -0.25) is 0 Å². The number of furan rings is 1. The molecule has 1 saturated carbocycles. The molecular weight excluding hydrogens is 260 g/mol. The topological polar surface area (TPSA) is 68.9 Å². The molecule has 0 radical (unpaired) electrons. The lowest BCUT2D eigenvalue weighted by molar-refractivity contribution is 0.0698. The van der Waals surface area contributed by atoms with E-state index in [9.17, 15) is 4.79 Å². The summed E-state index contributed by atoms with van der Waals surface area (Å²) in [5.41, 5.74) is 0.576. The first-order valence-corrected chi connectivity index (χ1v) is 6.69. The molecule has 20 heavy (non-hydrogen) atoms. The van der Waals surface area contributed by atoms with Crippen LogP contribution in [0, 0.1) is 0 Å². The highest BCUT2D eigenvalue weighted by atomic mass is 16.5. The zero-order chi connectivity index (χ0) is 14.1. The van der Waals surface area contributed by atoms with Gasteiger partial charge in [-0.15, -0.1) is 0 Å². The van der Waals surface area contributed by atoms with Crippen LogP contribution in [0.25, 0.3) is 11.0 Å². The van der Waals surface area contributed by atoms with Gasteiger partial charge in [0.15, 0.2) is 11.3 Å². The molecule has 1 aliphatic carbocycles. The first kappa shape index (κ1) is 12.8. The molecule has 0 amide bonds. The van der Waals surface area contributed by atoms with E-state index in [1.165, 1.54) is 6.26 Å². The van der Waals surface area contributed by atoms with Gasteiger partial charge in [0.25, 0.3) is 0 Å². The summed E-state index contributed by atoms with van der Waals surface area (Å²) in [6.07, 6.45) is 5.71. The van der Waals surface area contributed by atoms with Gasteiger partial charge < -0.3 is 19.0 Å². The van der Waals surface area contributed by atoms with E-state index < -0.39 is 5.97 Å². The Morgan fingerprint density at radius 1 is 1.35 bits per heavy atom. The zero-order valence-corrected chi connectivity index (χ0v) is 11.2. The van der Waals surface area contributed by atoms with Gasteiger partial charge in [-0.1, -0.05) is 0 Å². The average molecular weight is 276 g/mol. The van der Waals surface area contributed by atoms with Crippen molar-refractivity contribution in [3.05, 3.63) is 24.0 Å². The molecule has 5 nitrogen and oxygen atoms in total. The van der Waals surface area contributed by atoms with Gasteiger partial charge in [0.2, 0.25) is 5.75 Å². The smallest absolute Gasteiger partial charge is 0.339 e. The molecule has 3 rings (SSSR count). The number of fused-ring (bicyclic) bond motifs is 1. The minimum absolute atomic E-state index is 0.138. The van der Waals surface area contributed by atoms with Crippen molar-refractivity contribution in [2.45, 2.75) is 31.8 Å². The molecule has 1 heterocycles. The molecule has 1 fully saturated rings. The number of rotatable bonds is 4. The normalized spacial score (nSPS) is 15.7. The molecule has 0 aliphatic heterocycles. The molecular formula is C15H16O5. The highest BCUT2D eigenvalue weighted by molar-refractivity contribution is 6.04. The standard InChI is InChI=1S/C15H16O5/c1-18-12-7-6-10-11(15(16)17)8-19-13(10)14(12)20-9-4-2-3-5-9/h6-9H,2-5H2,1H3,(H,16,17). The van der Waals surface area contributed by atoms with Crippen molar-refractivity contribution in [2.75, 3.05) is 7.11 Å². The van der Waals surface area contributed by atoms with Crippen LogP contribution in [-0.2, 0) is 0 Å². The Morgan fingerprint density at radius 3 is 2.75 bits per heavy atom. The summed E-state index contributed by atoms with van der Waals surface area (Å²) in [5, 5.41) is 9.67. The van der Waals surface area contributed by atoms with E-state index in [2.05, 4.69) is 0 Å². The fraction of sp³-hybridized carbons (Fsp3) is 0.400. The maximum absolute atomic E-state index is 11.2. The Kier molecular flexibility index (Phi) is 3.26. The average Bonchev–Trinajstić information content (AvgIpc) is 3.07. The summed E-state index contributed by atoms with van der Waals surface area (Å²) < 4.78 is 16.7. The summed E-state index contributed by atoms with van der Waals surface area (Å²) in [5.74, 6) is 0.0563. The van der Waals surface area contributed by atoms with E-state index in [1.54, 1.807) is 19.2 Å². The molecule has 0 unspecified atom stereocenters. The first-order valence-electron chi connectivity index (χ1n) is 6.69. The number of aromatic carboxylic acids is 1. The number of ether oxygens (including phenoxy) is 2. The Hall–Kier alpha value is -2.17. The van der Waals surface area contributed by atoms with E-state index in [4.69, 9.17) is 19.0 Å². The number of methoxy groups -OCH3 is 1. The minimum atomic E-state index is -1.01. The second-order valence-electron chi connectivity index (χ2n) is 4.95. The fourth-order valence-corrected chi connectivity index (χ4v) is 2.67. The third-order valence-corrected chi connectivity index (χ3v) is 3.70. The van der Waals surface area contributed by atoms with Gasteiger partial charge in [0, 0.05) is 5.39 Å². The van der Waals surface area contributed by atoms with Crippen molar-refractivity contribution in [1.29, 1.82) is 0 Å². The van der Waals surface area contributed by atoms with Crippen LogP contribution in [0.3, 0.4) is 0 Å². The SMILES string of the molecule is COc1ccc2c(C(=O)O)coc2c1OC1CCCC1. The van der Waals surface area contributed by atoms with Crippen LogP contribution in [0.5, 0.6) is 11.5 Å². The monoisotopic (exact) mass is 276 g/mol. The van der Waals surface area contributed by atoms with Crippen molar-refractivity contribution < 1.29 is 23.8 Å². The summed E-state index contributed by atoms with van der Waals surface area (Å²) >= 11 is 0. The van der Waals surface area contributed by atoms with Gasteiger partial charge in [-0.2, -0.15) is 0 Å². The summed E-state index contributed by atoms with van der Waals surface area (Å²) in [6, 6.07) is 3.40. The molecule has 0 bridgehead atoms. The molecule has 1 N–H and O–H groups in total. The maximum Gasteiger partial charge on any atom is 0.339 e. The lowest BCUT2D eigenvalue weighted by Gasteiger charge is -2.15. The summed E-state index contributed by atoms with van der Waals surface area (Å²) in [6.45, 7) is 0. The number of carboxylic acids is 1. The van der Waals surface area contributed by atoms with Gasteiger partial charge in [0.05, 0.1) is 13.2 Å². The Morgan fingerprint density at radius 2 is 2.10 bits per heavy atom. The Labute approximate surface area is 116 Å². The van der Waals surface area contributed by atoms with Crippen LogP contribution in [0.4, 0.5) is 0 Å². The summed E-state index contributed by atoms with van der Waals surface area (Å²) in [4.78, 5) is 11.2. The molecule has 5 heteroatoms. The van der Waals surface area contributed by atoms with Crippen LogP contribution in [-0.4, -0.2) is 24.3 Å². The third kappa shape index (κ3) is 2.09. The molecule has 0 spiro atoms. The second kappa shape index (κ2) is 5.07. The number of carbonyl (C=O) groups is 1. The fourth-order valence-electron chi connectivity index (χ4n) is 2.67. The van der Waals surface area contributed by atoms with Crippen molar-refractivity contribution in [3.63, 3.8) is 0 Å². The van der Waals surface area contributed by atoms with Crippen LogP contribution in [0.1, 0.15) is 36.0 Å². The molecule has 1 aromatic heterocycles. The van der Waals surface area contributed by atoms with E-state index in [0.29, 0.717) is 22.5 Å². The maximum atomic E-state index is 11.2. The summed E-state index contributed by atoms with van der Waals surface area (Å²) in [7, 11) is 1.56. The predicted molar refractivity (Wildman–Crippen MR) is 72.6 cm³/mol.